The van der Waals surface area contributed by atoms with E-state index in [9.17, 15) is 0 Å². The van der Waals surface area contributed by atoms with Crippen LogP contribution in [0, 0.1) is 5.92 Å². The van der Waals surface area contributed by atoms with Crippen molar-refractivity contribution in [3.63, 3.8) is 0 Å². The number of guanidine groups is 1. The molecule has 2 unspecified atom stereocenters. The lowest BCUT2D eigenvalue weighted by Crippen LogP contribution is -2.40. The van der Waals surface area contributed by atoms with Crippen LogP contribution in [0.25, 0.3) is 0 Å². The van der Waals surface area contributed by atoms with Gasteiger partial charge in [0.05, 0.1) is 32.5 Å². The predicted octanol–water partition coefficient (Wildman–Crippen LogP) is 2.59. The lowest BCUT2D eigenvalue weighted by atomic mass is 10.1. The molecule has 176 valence electrons. The molecule has 2 fully saturated rings. The van der Waals surface area contributed by atoms with E-state index in [0.29, 0.717) is 25.2 Å². The maximum Gasteiger partial charge on any atom is 0.193 e. The van der Waals surface area contributed by atoms with Crippen LogP contribution in [0.15, 0.2) is 29.3 Å². The highest BCUT2D eigenvalue weighted by Crippen LogP contribution is 2.17. The second-order valence-corrected chi connectivity index (χ2v) is 8.31. The van der Waals surface area contributed by atoms with Crippen LogP contribution >= 0.6 is 24.0 Å². The zero-order valence-corrected chi connectivity index (χ0v) is 21.5. The van der Waals surface area contributed by atoms with Gasteiger partial charge in [-0.05, 0) is 24.5 Å². The third kappa shape index (κ3) is 8.84. The van der Waals surface area contributed by atoms with Crippen LogP contribution in [0.3, 0.4) is 0 Å². The van der Waals surface area contributed by atoms with E-state index in [1.807, 2.05) is 7.05 Å². The second kappa shape index (κ2) is 14.3. The number of hydrogen-bond donors (Lipinski definition) is 1. The number of hydrogen-bond acceptors (Lipinski definition) is 5. The normalized spacial score (nSPS) is 22.4. The zero-order chi connectivity index (χ0) is 21.2. The Morgan fingerprint density at radius 3 is 2.84 bits per heavy atom. The van der Waals surface area contributed by atoms with Crippen molar-refractivity contribution in [2.75, 3.05) is 66.8 Å². The third-order valence-corrected chi connectivity index (χ3v) is 5.76. The average Bonchev–Trinajstić information content (AvgIpc) is 3.21. The Hall–Kier alpha value is -0.940. The van der Waals surface area contributed by atoms with Crippen molar-refractivity contribution in [1.29, 1.82) is 0 Å². The number of nitrogens with zero attached hydrogens (tertiary/aromatic N) is 3. The van der Waals surface area contributed by atoms with E-state index in [-0.39, 0.29) is 24.0 Å². The average molecular weight is 546 g/mol. The van der Waals surface area contributed by atoms with Crippen LogP contribution in [0.2, 0.25) is 0 Å². The van der Waals surface area contributed by atoms with Crippen molar-refractivity contribution in [2.45, 2.75) is 32.5 Å². The maximum absolute atomic E-state index is 5.71. The molecule has 1 N–H and O–H groups in total. The molecule has 7 nitrogen and oxygen atoms in total. The third-order valence-electron chi connectivity index (χ3n) is 5.76. The highest BCUT2D eigenvalue weighted by molar-refractivity contribution is 14.0. The van der Waals surface area contributed by atoms with Crippen molar-refractivity contribution >= 4 is 29.9 Å². The van der Waals surface area contributed by atoms with E-state index in [0.717, 1.165) is 64.9 Å². The number of morpholine rings is 1. The highest BCUT2D eigenvalue weighted by Gasteiger charge is 2.25. The van der Waals surface area contributed by atoms with Crippen molar-refractivity contribution in [3.8, 4) is 0 Å². The molecule has 2 heterocycles. The van der Waals surface area contributed by atoms with Crippen molar-refractivity contribution in [3.05, 3.63) is 35.4 Å². The first kappa shape index (κ1) is 26.3. The molecule has 2 aliphatic heterocycles. The van der Waals surface area contributed by atoms with Crippen LogP contribution < -0.4 is 5.32 Å². The number of ether oxygens (including phenoxy) is 3. The summed E-state index contributed by atoms with van der Waals surface area (Å²) in [6.07, 6.45) is 1.46. The monoisotopic (exact) mass is 546 g/mol. The Balaban J connectivity index is 0.00000341. The van der Waals surface area contributed by atoms with E-state index in [1.165, 1.54) is 11.1 Å². The van der Waals surface area contributed by atoms with Crippen molar-refractivity contribution in [1.82, 2.24) is 15.1 Å². The zero-order valence-electron chi connectivity index (χ0n) is 19.2. The van der Waals surface area contributed by atoms with Gasteiger partial charge in [0.15, 0.2) is 5.96 Å². The standard InChI is InChI=1S/C23H38N4O3.HI/c1-19-15-26(9-10-30-19)16-21-6-4-5-20(13-21)14-25-23(24-2)27-8-7-22(17-27)18-29-12-11-28-3;/h4-6,13,19,22H,7-12,14-18H2,1-3H3,(H,24,25);1H. The molecule has 0 amide bonds. The molecular formula is C23H39IN4O3. The number of likely N-dealkylation sites (tertiary alicyclic amines) is 1. The Labute approximate surface area is 204 Å². The van der Waals surface area contributed by atoms with Crippen LogP contribution in [-0.2, 0) is 27.3 Å². The minimum Gasteiger partial charge on any atom is -0.382 e. The summed E-state index contributed by atoms with van der Waals surface area (Å²) in [5.74, 6) is 1.53. The van der Waals surface area contributed by atoms with Gasteiger partial charge in [-0.2, -0.15) is 0 Å². The minimum absolute atomic E-state index is 0. The summed E-state index contributed by atoms with van der Waals surface area (Å²) in [4.78, 5) is 9.31. The summed E-state index contributed by atoms with van der Waals surface area (Å²) in [7, 11) is 3.57. The molecule has 31 heavy (non-hydrogen) atoms. The number of benzene rings is 1. The number of halogens is 1. The minimum atomic E-state index is 0. The topological polar surface area (TPSA) is 58.6 Å². The molecule has 2 atom stereocenters. The summed E-state index contributed by atoms with van der Waals surface area (Å²) < 4.78 is 16.4. The molecule has 0 aromatic heterocycles. The number of nitrogens with one attached hydrogen (secondary N) is 1. The van der Waals surface area contributed by atoms with Gasteiger partial charge in [-0.3, -0.25) is 9.89 Å². The Kier molecular flexibility index (Phi) is 12.1. The first-order valence-electron chi connectivity index (χ1n) is 11.1. The molecule has 0 saturated carbocycles. The van der Waals surface area contributed by atoms with Crippen LogP contribution in [0.4, 0.5) is 0 Å². The van der Waals surface area contributed by atoms with E-state index in [4.69, 9.17) is 14.2 Å². The van der Waals surface area contributed by atoms with E-state index < -0.39 is 0 Å². The van der Waals surface area contributed by atoms with Crippen LogP contribution in [0.1, 0.15) is 24.5 Å². The Morgan fingerprint density at radius 2 is 2.06 bits per heavy atom. The lowest BCUT2D eigenvalue weighted by Gasteiger charge is -2.31. The first-order valence-corrected chi connectivity index (χ1v) is 11.1. The van der Waals surface area contributed by atoms with E-state index >= 15 is 0 Å². The fourth-order valence-electron chi connectivity index (χ4n) is 4.20. The number of rotatable bonds is 9. The van der Waals surface area contributed by atoms with Crippen molar-refractivity contribution < 1.29 is 14.2 Å². The Morgan fingerprint density at radius 1 is 1.23 bits per heavy atom. The van der Waals surface area contributed by atoms with Gasteiger partial charge in [0.1, 0.15) is 0 Å². The molecule has 3 rings (SSSR count). The summed E-state index contributed by atoms with van der Waals surface area (Å²) in [6.45, 7) is 10.9. The summed E-state index contributed by atoms with van der Waals surface area (Å²) in [5, 5.41) is 3.54. The first-order chi connectivity index (χ1) is 14.7. The smallest absolute Gasteiger partial charge is 0.193 e. The fraction of sp³-hybridized carbons (Fsp3) is 0.696. The van der Waals surface area contributed by atoms with Gasteiger partial charge in [-0.25, -0.2) is 0 Å². The SMILES string of the molecule is CN=C(NCc1cccc(CN2CCOC(C)C2)c1)N1CCC(COCCOC)C1.I. The molecule has 1 aromatic carbocycles. The summed E-state index contributed by atoms with van der Waals surface area (Å²) in [5.41, 5.74) is 2.64. The molecule has 0 spiro atoms. The van der Waals surface area contributed by atoms with Gasteiger partial charge < -0.3 is 24.4 Å². The van der Waals surface area contributed by atoms with Gasteiger partial charge in [0, 0.05) is 59.3 Å². The molecule has 1 aromatic rings. The Bertz CT molecular complexity index is 676. The van der Waals surface area contributed by atoms with E-state index in [1.54, 1.807) is 7.11 Å². The summed E-state index contributed by atoms with van der Waals surface area (Å²) >= 11 is 0. The fourth-order valence-corrected chi connectivity index (χ4v) is 4.20. The predicted molar refractivity (Wildman–Crippen MR) is 135 cm³/mol. The molecule has 2 aliphatic rings. The largest absolute Gasteiger partial charge is 0.382 e. The summed E-state index contributed by atoms with van der Waals surface area (Å²) in [6, 6.07) is 8.86. The molecular weight excluding hydrogens is 507 g/mol. The van der Waals surface area contributed by atoms with Gasteiger partial charge in [-0.15, -0.1) is 24.0 Å². The second-order valence-electron chi connectivity index (χ2n) is 8.31. The maximum atomic E-state index is 5.71. The molecule has 0 radical (unpaired) electrons. The van der Waals surface area contributed by atoms with Gasteiger partial charge in [0.2, 0.25) is 0 Å². The van der Waals surface area contributed by atoms with Gasteiger partial charge in [0.25, 0.3) is 0 Å². The van der Waals surface area contributed by atoms with Gasteiger partial charge >= 0.3 is 0 Å². The van der Waals surface area contributed by atoms with Crippen LogP contribution in [0.5, 0.6) is 0 Å². The molecule has 2 saturated heterocycles. The quantitative estimate of drug-likeness (QED) is 0.223. The molecule has 8 heteroatoms. The highest BCUT2D eigenvalue weighted by atomic mass is 127. The van der Waals surface area contributed by atoms with Crippen molar-refractivity contribution in [2.24, 2.45) is 10.9 Å². The lowest BCUT2D eigenvalue weighted by molar-refractivity contribution is -0.0212. The van der Waals surface area contributed by atoms with Crippen LogP contribution in [-0.4, -0.2) is 88.6 Å². The van der Waals surface area contributed by atoms with Gasteiger partial charge in [-0.1, -0.05) is 24.3 Å². The number of aliphatic imine (C=N–C) groups is 1. The molecule has 0 bridgehead atoms. The molecule has 0 aliphatic carbocycles. The van der Waals surface area contributed by atoms with E-state index in [2.05, 4.69) is 51.3 Å². The number of methoxy groups -OCH3 is 1.